The van der Waals surface area contributed by atoms with Gasteiger partial charge >= 0.3 is 0 Å². The molecule has 22 heavy (non-hydrogen) atoms. The third-order valence-corrected chi connectivity index (χ3v) is 3.35. The van der Waals surface area contributed by atoms with Crippen LogP contribution in [0.1, 0.15) is 20.3 Å². The minimum absolute atomic E-state index is 0.203. The van der Waals surface area contributed by atoms with Crippen LogP contribution < -0.4 is 15.8 Å². The Balaban J connectivity index is 2.59. The summed E-state index contributed by atoms with van der Waals surface area (Å²) in [6, 6.07) is 4.67. The lowest BCUT2D eigenvalue weighted by Gasteiger charge is -2.15. The number of rotatable bonds is 8. The molecule has 0 aliphatic rings. The van der Waals surface area contributed by atoms with Crippen molar-refractivity contribution in [3.05, 3.63) is 23.2 Å². The van der Waals surface area contributed by atoms with Crippen molar-refractivity contribution >= 4 is 23.2 Å². The van der Waals surface area contributed by atoms with Crippen LogP contribution in [0, 0.1) is 5.92 Å². The second-order valence-electron chi connectivity index (χ2n) is 6.02. The van der Waals surface area contributed by atoms with E-state index in [1.54, 1.807) is 18.2 Å². The molecule has 124 valence electrons. The highest BCUT2D eigenvalue weighted by Crippen LogP contribution is 2.27. The first-order valence-electron chi connectivity index (χ1n) is 7.43. The Morgan fingerprint density at radius 3 is 2.64 bits per heavy atom. The molecule has 1 aromatic rings. The number of nitrogens with one attached hydrogen (secondary N) is 1. The third kappa shape index (κ3) is 6.64. The van der Waals surface area contributed by atoms with Gasteiger partial charge in [-0.3, -0.25) is 4.79 Å². The first-order valence-corrected chi connectivity index (χ1v) is 7.81. The Hall–Kier alpha value is -1.30. The fourth-order valence-corrected chi connectivity index (χ4v) is 2.12. The summed E-state index contributed by atoms with van der Waals surface area (Å²) in [5, 5.41) is 3.24. The van der Waals surface area contributed by atoms with Crippen LogP contribution >= 0.6 is 11.6 Å². The molecular weight excluding hydrogens is 302 g/mol. The number of carbonyl (C=O) groups is 1. The Morgan fingerprint density at radius 1 is 1.41 bits per heavy atom. The van der Waals surface area contributed by atoms with E-state index in [-0.39, 0.29) is 5.91 Å². The lowest BCUT2D eigenvalue weighted by Crippen LogP contribution is -2.36. The van der Waals surface area contributed by atoms with Crippen molar-refractivity contribution in [2.24, 2.45) is 11.7 Å². The smallest absolute Gasteiger partial charge is 0.241 e. The zero-order chi connectivity index (χ0) is 16.7. The monoisotopic (exact) mass is 327 g/mol. The van der Waals surface area contributed by atoms with Crippen LogP contribution in [0.25, 0.3) is 0 Å². The van der Waals surface area contributed by atoms with Gasteiger partial charge in [0.15, 0.2) is 0 Å². The third-order valence-electron chi connectivity index (χ3n) is 3.06. The number of carbonyl (C=O) groups excluding carboxylic acids is 1. The van der Waals surface area contributed by atoms with E-state index in [1.807, 2.05) is 32.8 Å². The molecule has 6 heteroatoms. The predicted octanol–water partition coefficient (Wildman–Crippen LogP) is 2.59. The number of nitrogens with zero attached hydrogens (tertiary/aromatic N) is 1. The van der Waals surface area contributed by atoms with E-state index in [0.717, 1.165) is 6.54 Å². The molecule has 0 unspecified atom stereocenters. The van der Waals surface area contributed by atoms with Crippen LogP contribution in [0.15, 0.2) is 18.2 Å². The Bertz CT molecular complexity index is 492. The Labute approximate surface area is 137 Å². The molecule has 0 aromatic heterocycles. The molecule has 0 saturated carbocycles. The Morgan fingerprint density at radius 2 is 2.09 bits per heavy atom. The van der Waals surface area contributed by atoms with Crippen molar-refractivity contribution in [2.45, 2.75) is 26.3 Å². The van der Waals surface area contributed by atoms with Crippen molar-refractivity contribution in [2.75, 3.05) is 32.6 Å². The highest BCUT2D eigenvalue weighted by Gasteiger charge is 2.15. The SMILES string of the molecule is CC(C)C[C@H](N)C(=O)Nc1ccc(OCCN(C)C)c(Cl)c1. The predicted molar refractivity (Wildman–Crippen MR) is 91.6 cm³/mol. The van der Waals surface area contributed by atoms with Crippen LogP contribution in [0.4, 0.5) is 5.69 Å². The Kier molecular flexibility index (Phi) is 7.65. The van der Waals surface area contributed by atoms with Gasteiger partial charge in [-0.1, -0.05) is 25.4 Å². The minimum Gasteiger partial charge on any atom is -0.491 e. The van der Waals surface area contributed by atoms with Crippen LogP contribution in [-0.2, 0) is 4.79 Å². The second kappa shape index (κ2) is 8.98. The molecule has 1 amide bonds. The number of hydrogen-bond acceptors (Lipinski definition) is 4. The number of anilines is 1. The van der Waals surface area contributed by atoms with Gasteiger partial charge < -0.3 is 20.7 Å². The lowest BCUT2D eigenvalue weighted by molar-refractivity contribution is -0.117. The summed E-state index contributed by atoms with van der Waals surface area (Å²) in [6.45, 7) is 5.42. The van der Waals surface area contributed by atoms with Crippen molar-refractivity contribution in [1.29, 1.82) is 0 Å². The number of benzene rings is 1. The van der Waals surface area contributed by atoms with Crippen molar-refractivity contribution in [1.82, 2.24) is 4.90 Å². The van der Waals surface area contributed by atoms with Gasteiger partial charge in [0.1, 0.15) is 12.4 Å². The second-order valence-corrected chi connectivity index (χ2v) is 6.43. The number of amides is 1. The maximum absolute atomic E-state index is 12.0. The highest BCUT2D eigenvalue weighted by molar-refractivity contribution is 6.32. The topological polar surface area (TPSA) is 67.6 Å². The maximum atomic E-state index is 12.0. The van der Waals surface area contributed by atoms with E-state index in [1.165, 1.54) is 0 Å². The van der Waals surface area contributed by atoms with E-state index < -0.39 is 6.04 Å². The first kappa shape index (κ1) is 18.7. The van der Waals surface area contributed by atoms with E-state index >= 15 is 0 Å². The number of likely N-dealkylation sites (N-methyl/N-ethyl adjacent to an activating group) is 1. The molecule has 1 rings (SSSR count). The van der Waals surface area contributed by atoms with Gasteiger partial charge in [0.2, 0.25) is 5.91 Å². The lowest BCUT2D eigenvalue weighted by atomic mass is 10.0. The van der Waals surface area contributed by atoms with Gasteiger partial charge in [-0.05, 0) is 44.6 Å². The molecule has 0 bridgehead atoms. The number of nitrogens with two attached hydrogens (primary N) is 1. The molecule has 0 aliphatic heterocycles. The molecule has 0 aliphatic carbocycles. The number of halogens is 1. The van der Waals surface area contributed by atoms with E-state index in [0.29, 0.717) is 35.4 Å². The number of ether oxygens (including phenoxy) is 1. The molecule has 1 atom stereocenters. The van der Waals surface area contributed by atoms with Gasteiger partial charge in [0.05, 0.1) is 11.1 Å². The van der Waals surface area contributed by atoms with Crippen molar-refractivity contribution in [3.63, 3.8) is 0 Å². The first-order chi connectivity index (χ1) is 10.3. The van der Waals surface area contributed by atoms with E-state index in [9.17, 15) is 4.79 Å². The summed E-state index contributed by atoms with van der Waals surface area (Å²) < 4.78 is 5.60. The molecular formula is C16H26ClN3O2. The molecule has 0 heterocycles. The van der Waals surface area contributed by atoms with Crippen LogP contribution in [0.5, 0.6) is 5.75 Å². The quantitative estimate of drug-likeness (QED) is 0.770. The van der Waals surface area contributed by atoms with Crippen LogP contribution in [0.3, 0.4) is 0 Å². The fourth-order valence-electron chi connectivity index (χ4n) is 1.88. The molecule has 0 saturated heterocycles. The standard InChI is InChI=1S/C16H26ClN3O2/c1-11(2)9-14(18)16(21)19-12-5-6-15(13(17)10-12)22-8-7-20(3)4/h5-6,10-11,14H,7-9,18H2,1-4H3,(H,19,21)/t14-/m0/s1. The van der Waals surface area contributed by atoms with Crippen molar-refractivity contribution < 1.29 is 9.53 Å². The molecule has 5 nitrogen and oxygen atoms in total. The maximum Gasteiger partial charge on any atom is 0.241 e. The summed E-state index contributed by atoms with van der Waals surface area (Å²) in [4.78, 5) is 14.0. The summed E-state index contributed by atoms with van der Waals surface area (Å²) in [6.07, 6.45) is 0.644. The van der Waals surface area contributed by atoms with Gasteiger partial charge in [-0.2, -0.15) is 0 Å². The summed E-state index contributed by atoms with van der Waals surface area (Å²) in [7, 11) is 3.95. The number of hydrogen-bond donors (Lipinski definition) is 2. The summed E-state index contributed by atoms with van der Waals surface area (Å²) in [5.41, 5.74) is 6.47. The van der Waals surface area contributed by atoms with Crippen molar-refractivity contribution in [3.8, 4) is 5.75 Å². The van der Waals surface area contributed by atoms with Gasteiger partial charge in [-0.25, -0.2) is 0 Å². The van der Waals surface area contributed by atoms with Gasteiger partial charge in [-0.15, -0.1) is 0 Å². The summed E-state index contributed by atoms with van der Waals surface area (Å²) >= 11 is 6.17. The summed E-state index contributed by atoms with van der Waals surface area (Å²) in [5.74, 6) is 0.774. The molecule has 0 radical (unpaired) electrons. The zero-order valence-electron chi connectivity index (χ0n) is 13.7. The molecule has 1 aromatic carbocycles. The minimum atomic E-state index is -0.519. The molecule has 3 N–H and O–H groups in total. The van der Waals surface area contributed by atoms with Crippen LogP contribution in [-0.4, -0.2) is 44.1 Å². The van der Waals surface area contributed by atoms with Crippen LogP contribution in [0.2, 0.25) is 5.02 Å². The fraction of sp³-hybridized carbons (Fsp3) is 0.562. The largest absolute Gasteiger partial charge is 0.491 e. The molecule has 0 fully saturated rings. The van der Waals surface area contributed by atoms with E-state index in [4.69, 9.17) is 22.1 Å². The zero-order valence-corrected chi connectivity index (χ0v) is 14.5. The van der Waals surface area contributed by atoms with Gasteiger partial charge in [0, 0.05) is 12.2 Å². The molecule has 0 spiro atoms. The van der Waals surface area contributed by atoms with Gasteiger partial charge in [0.25, 0.3) is 0 Å². The van der Waals surface area contributed by atoms with E-state index in [2.05, 4.69) is 5.32 Å². The average Bonchev–Trinajstić information content (AvgIpc) is 2.40. The average molecular weight is 328 g/mol. The highest BCUT2D eigenvalue weighted by atomic mass is 35.5. The normalized spacial score (nSPS) is 12.5.